The first-order valence-electron chi connectivity index (χ1n) is 11.1. The van der Waals surface area contributed by atoms with Crippen LogP contribution in [0.2, 0.25) is 5.02 Å². The first kappa shape index (κ1) is 21.8. The summed E-state index contributed by atoms with van der Waals surface area (Å²) in [6.07, 6.45) is 6.17. The number of halogens is 1. The highest BCUT2D eigenvalue weighted by atomic mass is 35.5. The fourth-order valence-corrected chi connectivity index (χ4v) is 4.78. The first-order chi connectivity index (χ1) is 14.9. The predicted octanol–water partition coefficient (Wildman–Crippen LogP) is 3.59. The van der Waals surface area contributed by atoms with E-state index in [1.54, 1.807) is 16.8 Å². The third-order valence-electron chi connectivity index (χ3n) is 6.37. The van der Waals surface area contributed by atoms with Gasteiger partial charge in [-0.2, -0.15) is 5.10 Å². The molecule has 8 heteroatoms. The summed E-state index contributed by atoms with van der Waals surface area (Å²) in [5, 5.41) is 21.1. The van der Waals surface area contributed by atoms with E-state index in [1.807, 2.05) is 19.1 Å². The minimum absolute atomic E-state index is 0.0265. The summed E-state index contributed by atoms with van der Waals surface area (Å²) < 4.78 is 1.74. The van der Waals surface area contributed by atoms with Crippen molar-refractivity contribution < 1.29 is 14.7 Å². The van der Waals surface area contributed by atoms with E-state index in [-0.39, 0.29) is 17.9 Å². The van der Waals surface area contributed by atoms with Crippen molar-refractivity contribution in [3.05, 3.63) is 40.5 Å². The van der Waals surface area contributed by atoms with Crippen molar-refractivity contribution in [2.45, 2.75) is 64.1 Å². The van der Waals surface area contributed by atoms with E-state index in [2.05, 4.69) is 15.7 Å². The summed E-state index contributed by atoms with van der Waals surface area (Å²) in [5.41, 5.74) is 2.59. The van der Waals surface area contributed by atoms with Crippen LogP contribution in [0.1, 0.15) is 67.0 Å². The third kappa shape index (κ3) is 4.77. The minimum atomic E-state index is -0.882. The average Bonchev–Trinajstić information content (AvgIpc) is 3.22. The number of nitrogens with one attached hydrogen (secondary N) is 2. The van der Waals surface area contributed by atoms with Crippen LogP contribution in [-0.4, -0.2) is 39.5 Å². The molecule has 0 spiro atoms. The van der Waals surface area contributed by atoms with E-state index in [0.29, 0.717) is 29.2 Å². The summed E-state index contributed by atoms with van der Waals surface area (Å²) in [7, 11) is 0. The van der Waals surface area contributed by atoms with E-state index >= 15 is 0 Å². The van der Waals surface area contributed by atoms with Crippen LogP contribution in [0.3, 0.4) is 0 Å². The second-order valence-electron chi connectivity index (χ2n) is 8.58. The molecular formula is C23H29ClN4O3. The maximum absolute atomic E-state index is 12.9. The molecule has 0 radical (unpaired) electrons. The Labute approximate surface area is 187 Å². The highest BCUT2D eigenvalue weighted by Crippen LogP contribution is 2.29. The zero-order chi connectivity index (χ0) is 22.0. The molecule has 1 aromatic carbocycles. The molecule has 0 bridgehead atoms. The maximum Gasteiger partial charge on any atom is 0.254 e. The molecule has 2 heterocycles. The van der Waals surface area contributed by atoms with E-state index in [9.17, 15) is 14.7 Å². The van der Waals surface area contributed by atoms with Crippen molar-refractivity contribution in [2.75, 3.05) is 6.54 Å². The van der Waals surface area contributed by atoms with Gasteiger partial charge < -0.3 is 15.7 Å². The van der Waals surface area contributed by atoms with Crippen molar-refractivity contribution >= 4 is 23.4 Å². The number of aromatic nitrogens is 2. The van der Waals surface area contributed by atoms with Gasteiger partial charge in [-0.15, -0.1) is 0 Å². The molecule has 1 aliphatic heterocycles. The number of rotatable bonds is 5. The largest absolute Gasteiger partial charge is 0.373 e. The van der Waals surface area contributed by atoms with Crippen LogP contribution >= 0.6 is 11.6 Å². The summed E-state index contributed by atoms with van der Waals surface area (Å²) in [4.78, 5) is 24.9. The Hall–Kier alpha value is -2.38. The molecule has 1 aliphatic carbocycles. The van der Waals surface area contributed by atoms with Crippen molar-refractivity contribution in [1.29, 1.82) is 0 Å². The molecule has 1 aromatic heterocycles. The number of carbonyl (C=O) groups excluding carboxylic acids is 2. The topological polar surface area (TPSA) is 96.2 Å². The SMILES string of the molecule is Cc1cc(-c2ccc(Cl)c(C(=O)NC(O)C3CCCCCC3)c2)nn1C1CCNC1=O. The van der Waals surface area contributed by atoms with Crippen LogP contribution in [0.4, 0.5) is 0 Å². The lowest BCUT2D eigenvalue weighted by Gasteiger charge is -2.22. The normalized spacial score (nSPS) is 20.9. The summed E-state index contributed by atoms with van der Waals surface area (Å²) in [5.74, 6) is -0.347. The van der Waals surface area contributed by atoms with Crippen LogP contribution in [0, 0.1) is 12.8 Å². The third-order valence-corrected chi connectivity index (χ3v) is 6.70. The Morgan fingerprint density at radius 2 is 1.97 bits per heavy atom. The van der Waals surface area contributed by atoms with Crippen molar-refractivity contribution in [3.8, 4) is 11.3 Å². The lowest BCUT2D eigenvalue weighted by Crippen LogP contribution is -2.40. The van der Waals surface area contributed by atoms with Crippen molar-refractivity contribution in [1.82, 2.24) is 20.4 Å². The number of aliphatic hydroxyl groups excluding tert-OH is 1. The van der Waals surface area contributed by atoms with Gasteiger partial charge in [-0.05, 0) is 44.4 Å². The molecule has 4 rings (SSSR count). The zero-order valence-corrected chi connectivity index (χ0v) is 18.5. The Bertz CT molecular complexity index is 966. The number of hydrogen-bond acceptors (Lipinski definition) is 4. The average molecular weight is 445 g/mol. The van der Waals surface area contributed by atoms with Gasteiger partial charge in [0.05, 0.1) is 16.3 Å². The molecule has 2 unspecified atom stereocenters. The zero-order valence-electron chi connectivity index (χ0n) is 17.7. The van der Waals surface area contributed by atoms with E-state index < -0.39 is 12.1 Å². The highest BCUT2D eigenvalue weighted by Gasteiger charge is 2.28. The molecule has 2 fully saturated rings. The molecule has 2 amide bonds. The lowest BCUT2D eigenvalue weighted by atomic mass is 9.98. The number of benzene rings is 1. The number of amides is 2. The fraction of sp³-hybridized carbons (Fsp3) is 0.522. The van der Waals surface area contributed by atoms with Crippen LogP contribution in [-0.2, 0) is 4.79 Å². The monoisotopic (exact) mass is 444 g/mol. The number of nitrogens with zero attached hydrogens (tertiary/aromatic N) is 2. The second kappa shape index (κ2) is 9.40. The maximum atomic E-state index is 12.9. The first-order valence-corrected chi connectivity index (χ1v) is 11.4. The van der Waals surface area contributed by atoms with Gasteiger partial charge >= 0.3 is 0 Å². The Morgan fingerprint density at radius 3 is 2.65 bits per heavy atom. The summed E-state index contributed by atoms with van der Waals surface area (Å²) in [6.45, 7) is 2.56. The smallest absolute Gasteiger partial charge is 0.254 e. The number of aryl methyl sites for hydroxylation is 1. The lowest BCUT2D eigenvalue weighted by molar-refractivity contribution is -0.122. The Balaban J connectivity index is 1.53. The van der Waals surface area contributed by atoms with Gasteiger partial charge in [0.25, 0.3) is 5.91 Å². The van der Waals surface area contributed by atoms with E-state index in [1.165, 1.54) is 12.8 Å². The van der Waals surface area contributed by atoms with Crippen molar-refractivity contribution in [2.24, 2.45) is 5.92 Å². The summed E-state index contributed by atoms with van der Waals surface area (Å²) >= 11 is 6.31. The van der Waals surface area contributed by atoms with E-state index in [0.717, 1.165) is 36.9 Å². The van der Waals surface area contributed by atoms with E-state index in [4.69, 9.17) is 11.6 Å². The van der Waals surface area contributed by atoms with Crippen LogP contribution in [0.15, 0.2) is 24.3 Å². The standard InChI is InChI=1S/C23H29ClN4O3/c1-14-12-19(27-28(14)20-10-11-25-23(20)31)16-8-9-18(24)17(13-16)22(30)26-21(29)15-6-4-2-3-5-7-15/h8-9,12-13,15,20-21,29H,2-7,10-11H2,1H3,(H,25,31)(H,26,30). The van der Waals surface area contributed by atoms with Gasteiger partial charge in [0.2, 0.25) is 5.91 Å². The molecular weight excluding hydrogens is 416 g/mol. The van der Waals surface area contributed by atoms with Gasteiger partial charge in [0, 0.05) is 23.7 Å². The quantitative estimate of drug-likeness (QED) is 0.485. The van der Waals surface area contributed by atoms with Gasteiger partial charge in [0.15, 0.2) is 0 Å². The van der Waals surface area contributed by atoms with Crippen molar-refractivity contribution in [3.63, 3.8) is 0 Å². The number of hydrogen-bond donors (Lipinski definition) is 3. The molecule has 2 aromatic rings. The Morgan fingerprint density at radius 1 is 1.23 bits per heavy atom. The van der Waals surface area contributed by atoms with Crippen LogP contribution < -0.4 is 10.6 Å². The predicted molar refractivity (Wildman–Crippen MR) is 119 cm³/mol. The van der Waals surface area contributed by atoms with Gasteiger partial charge in [-0.1, -0.05) is 43.4 Å². The molecule has 2 atom stereocenters. The molecule has 1 saturated carbocycles. The molecule has 3 N–H and O–H groups in total. The molecule has 1 saturated heterocycles. The van der Waals surface area contributed by atoms with Gasteiger partial charge in [-0.25, -0.2) is 0 Å². The molecule has 2 aliphatic rings. The van der Waals surface area contributed by atoms with Crippen LogP contribution in [0.25, 0.3) is 11.3 Å². The fourth-order valence-electron chi connectivity index (χ4n) is 4.57. The van der Waals surface area contributed by atoms with Gasteiger partial charge in [-0.3, -0.25) is 14.3 Å². The Kier molecular flexibility index (Phi) is 6.62. The number of aliphatic hydroxyl groups is 1. The highest BCUT2D eigenvalue weighted by molar-refractivity contribution is 6.34. The van der Waals surface area contributed by atoms with Gasteiger partial charge in [0.1, 0.15) is 12.3 Å². The van der Waals surface area contributed by atoms with Crippen LogP contribution in [0.5, 0.6) is 0 Å². The summed E-state index contributed by atoms with van der Waals surface area (Å²) in [6, 6.07) is 6.76. The molecule has 166 valence electrons. The number of carbonyl (C=O) groups is 2. The minimum Gasteiger partial charge on any atom is -0.373 e. The molecule has 7 nitrogen and oxygen atoms in total. The molecule has 31 heavy (non-hydrogen) atoms. The second-order valence-corrected chi connectivity index (χ2v) is 8.98.